The van der Waals surface area contributed by atoms with Crippen molar-refractivity contribution in [3.05, 3.63) is 65.2 Å². The van der Waals surface area contributed by atoms with Crippen LogP contribution in [0.25, 0.3) is 5.76 Å². The van der Waals surface area contributed by atoms with Crippen LogP contribution in [0.15, 0.2) is 54.1 Å². The van der Waals surface area contributed by atoms with E-state index in [0.717, 1.165) is 19.3 Å². The predicted molar refractivity (Wildman–Crippen MR) is 130 cm³/mol. The lowest BCUT2D eigenvalue weighted by Gasteiger charge is -2.25. The molecule has 34 heavy (non-hydrogen) atoms. The minimum absolute atomic E-state index is 0.0655. The summed E-state index contributed by atoms with van der Waals surface area (Å²) in [5.74, 6) is -0.258. The molecular formula is C27H33NO6. The first-order valence-corrected chi connectivity index (χ1v) is 11.7. The Hall–Kier alpha value is -3.32. The Morgan fingerprint density at radius 3 is 2.41 bits per heavy atom. The number of carbonyl (C=O) groups is 2. The lowest BCUT2D eigenvalue weighted by atomic mass is 9.95. The van der Waals surface area contributed by atoms with Gasteiger partial charge in [0.05, 0.1) is 25.3 Å². The van der Waals surface area contributed by atoms with Gasteiger partial charge in [0.2, 0.25) is 0 Å². The Morgan fingerprint density at radius 1 is 0.971 bits per heavy atom. The Morgan fingerprint density at radius 2 is 1.74 bits per heavy atom. The summed E-state index contributed by atoms with van der Waals surface area (Å²) >= 11 is 0. The van der Waals surface area contributed by atoms with E-state index in [0.29, 0.717) is 48.8 Å². The molecule has 1 saturated heterocycles. The smallest absolute Gasteiger partial charge is 0.295 e. The molecular weight excluding hydrogens is 434 g/mol. The molecule has 0 saturated carbocycles. The number of nitrogens with zero attached hydrogens (tertiary/aromatic N) is 1. The second-order valence-corrected chi connectivity index (χ2v) is 8.20. The van der Waals surface area contributed by atoms with Gasteiger partial charge in [0.1, 0.15) is 17.3 Å². The summed E-state index contributed by atoms with van der Waals surface area (Å²) in [4.78, 5) is 27.6. The van der Waals surface area contributed by atoms with Crippen LogP contribution in [-0.2, 0) is 14.3 Å². The highest BCUT2D eigenvalue weighted by Crippen LogP contribution is 2.40. The number of ketones is 1. The molecule has 1 aliphatic heterocycles. The van der Waals surface area contributed by atoms with Crippen molar-refractivity contribution in [2.45, 2.75) is 38.6 Å². The summed E-state index contributed by atoms with van der Waals surface area (Å²) in [6.45, 7) is 3.51. The lowest BCUT2D eigenvalue weighted by Crippen LogP contribution is -2.31. The molecule has 0 radical (unpaired) electrons. The van der Waals surface area contributed by atoms with Gasteiger partial charge in [-0.25, -0.2) is 0 Å². The van der Waals surface area contributed by atoms with Crippen molar-refractivity contribution in [2.24, 2.45) is 0 Å². The molecule has 2 aromatic rings. The van der Waals surface area contributed by atoms with Gasteiger partial charge in [-0.2, -0.15) is 0 Å². The number of methoxy groups -OCH3 is 2. The van der Waals surface area contributed by atoms with Crippen molar-refractivity contribution in [3.8, 4) is 11.5 Å². The number of hydrogen-bond donors (Lipinski definition) is 1. The van der Waals surface area contributed by atoms with Crippen molar-refractivity contribution >= 4 is 17.4 Å². The quantitative estimate of drug-likeness (QED) is 0.210. The summed E-state index contributed by atoms with van der Waals surface area (Å²) in [6, 6.07) is 13.4. The van der Waals surface area contributed by atoms with Gasteiger partial charge in [-0.15, -0.1) is 0 Å². The topological polar surface area (TPSA) is 85.3 Å². The second-order valence-electron chi connectivity index (χ2n) is 8.20. The van der Waals surface area contributed by atoms with Gasteiger partial charge in [0.15, 0.2) is 0 Å². The van der Waals surface area contributed by atoms with Crippen LogP contribution < -0.4 is 9.47 Å². The van der Waals surface area contributed by atoms with E-state index in [1.165, 1.54) is 4.90 Å². The van der Waals surface area contributed by atoms with Crippen LogP contribution in [0.2, 0.25) is 0 Å². The number of ether oxygens (including phenoxy) is 3. The third kappa shape index (κ3) is 5.78. The summed E-state index contributed by atoms with van der Waals surface area (Å²) in [5, 5.41) is 11.1. The fourth-order valence-electron chi connectivity index (χ4n) is 4.06. The lowest BCUT2D eigenvalue weighted by molar-refractivity contribution is -0.140. The molecule has 1 atom stereocenters. The number of likely N-dealkylation sites (tertiary alicyclic amines) is 1. The fourth-order valence-corrected chi connectivity index (χ4v) is 4.06. The van der Waals surface area contributed by atoms with Crippen molar-refractivity contribution in [1.29, 1.82) is 0 Å². The maximum absolute atomic E-state index is 13.1. The van der Waals surface area contributed by atoms with E-state index in [-0.39, 0.29) is 11.3 Å². The summed E-state index contributed by atoms with van der Waals surface area (Å²) < 4.78 is 16.2. The van der Waals surface area contributed by atoms with Gasteiger partial charge in [-0.05, 0) is 54.8 Å². The van der Waals surface area contributed by atoms with Crippen LogP contribution >= 0.6 is 0 Å². The van der Waals surface area contributed by atoms with E-state index in [1.54, 1.807) is 38.5 Å². The number of Topliss-reactive ketones (excluding diaryl/α,β-unsaturated/α-hetero) is 1. The molecule has 0 spiro atoms. The van der Waals surface area contributed by atoms with E-state index >= 15 is 0 Å². The number of benzene rings is 2. The Bertz CT molecular complexity index is 1010. The summed E-state index contributed by atoms with van der Waals surface area (Å²) in [7, 11) is 3.15. The van der Waals surface area contributed by atoms with Gasteiger partial charge < -0.3 is 24.2 Å². The summed E-state index contributed by atoms with van der Waals surface area (Å²) in [6.07, 6.45) is 3.70. The van der Waals surface area contributed by atoms with Crippen LogP contribution in [0.1, 0.15) is 49.8 Å². The normalized spacial score (nSPS) is 17.3. The van der Waals surface area contributed by atoms with Gasteiger partial charge in [0, 0.05) is 25.8 Å². The number of aliphatic hydroxyl groups excluding tert-OH is 1. The predicted octanol–water partition coefficient (Wildman–Crippen LogP) is 4.72. The van der Waals surface area contributed by atoms with Crippen LogP contribution in [0.3, 0.4) is 0 Å². The molecule has 1 heterocycles. The molecule has 1 unspecified atom stereocenters. The zero-order valence-electron chi connectivity index (χ0n) is 20.1. The molecule has 3 rings (SSSR count). The van der Waals surface area contributed by atoms with Crippen molar-refractivity contribution in [2.75, 3.05) is 34.0 Å². The van der Waals surface area contributed by atoms with Crippen LogP contribution in [0, 0.1) is 0 Å². The standard InChI is InChI=1S/C27H33NO6/c1-4-5-6-17-34-22-10-7-9-20(18-22)24-23(25(29)19-11-13-21(33-3)14-12-19)26(30)27(31)28(24)15-8-16-32-2/h7,9-14,18,24,29H,4-6,8,15-17H2,1-3H3. The number of carbonyl (C=O) groups excluding carboxylic acids is 2. The maximum Gasteiger partial charge on any atom is 0.295 e. The minimum Gasteiger partial charge on any atom is -0.507 e. The average molecular weight is 468 g/mol. The zero-order chi connectivity index (χ0) is 24.5. The van der Waals surface area contributed by atoms with E-state index in [4.69, 9.17) is 14.2 Å². The van der Waals surface area contributed by atoms with Crippen molar-refractivity contribution in [3.63, 3.8) is 0 Å². The van der Waals surface area contributed by atoms with E-state index < -0.39 is 17.7 Å². The van der Waals surface area contributed by atoms with Gasteiger partial charge in [-0.1, -0.05) is 31.9 Å². The number of rotatable bonds is 12. The zero-order valence-corrected chi connectivity index (χ0v) is 20.1. The molecule has 2 aromatic carbocycles. The monoisotopic (exact) mass is 467 g/mol. The fraction of sp³-hybridized carbons (Fsp3) is 0.407. The highest BCUT2D eigenvalue weighted by Gasteiger charge is 2.45. The molecule has 0 bridgehead atoms. The van der Waals surface area contributed by atoms with Gasteiger partial charge in [0.25, 0.3) is 11.7 Å². The molecule has 182 valence electrons. The molecule has 1 aliphatic rings. The van der Waals surface area contributed by atoms with Crippen LogP contribution in [-0.4, -0.2) is 55.7 Å². The number of amides is 1. The van der Waals surface area contributed by atoms with Crippen LogP contribution in [0.4, 0.5) is 0 Å². The molecule has 0 aliphatic carbocycles. The van der Waals surface area contributed by atoms with E-state index in [2.05, 4.69) is 6.92 Å². The van der Waals surface area contributed by atoms with Gasteiger partial charge >= 0.3 is 0 Å². The first-order chi connectivity index (χ1) is 16.5. The van der Waals surface area contributed by atoms with E-state index in [1.807, 2.05) is 24.3 Å². The number of aliphatic hydroxyl groups is 1. The third-order valence-electron chi connectivity index (χ3n) is 5.84. The summed E-state index contributed by atoms with van der Waals surface area (Å²) in [5.41, 5.74) is 1.21. The third-order valence-corrected chi connectivity index (χ3v) is 5.84. The van der Waals surface area contributed by atoms with Crippen LogP contribution in [0.5, 0.6) is 11.5 Å². The largest absolute Gasteiger partial charge is 0.507 e. The number of hydrogen-bond acceptors (Lipinski definition) is 6. The van der Waals surface area contributed by atoms with Crippen molar-refractivity contribution in [1.82, 2.24) is 4.90 Å². The highest BCUT2D eigenvalue weighted by molar-refractivity contribution is 6.46. The number of unbranched alkanes of at least 4 members (excludes halogenated alkanes) is 2. The average Bonchev–Trinajstić information content (AvgIpc) is 3.11. The molecule has 7 nitrogen and oxygen atoms in total. The highest BCUT2D eigenvalue weighted by atomic mass is 16.5. The molecule has 1 amide bonds. The Balaban J connectivity index is 2.01. The van der Waals surface area contributed by atoms with Crippen molar-refractivity contribution < 1.29 is 28.9 Å². The van der Waals surface area contributed by atoms with E-state index in [9.17, 15) is 14.7 Å². The second kappa shape index (κ2) is 12.2. The molecule has 0 aromatic heterocycles. The minimum atomic E-state index is -0.724. The molecule has 1 N–H and O–H groups in total. The first kappa shape index (κ1) is 25.3. The molecule has 1 fully saturated rings. The van der Waals surface area contributed by atoms with Gasteiger partial charge in [-0.3, -0.25) is 9.59 Å². The maximum atomic E-state index is 13.1. The Labute approximate surface area is 200 Å². The Kier molecular flexibility index (Phi) is 9.10. The molecule has 7 heteroatoms. The first-order valence-electron chi connectivity index (χ1n) is 11.7. The SMILES string of the molecule is CCCCCOc1cccc(C2C(=C(O)c3ccc(OC)cc3)C(=O)C(=O)N2CCCOC)c1.